The second-order valence-electron chi connectivity index (χ2n) is 3.65. The van der Waals surface area contributed by atoms with E-state index in [2.05, 4.69) is 4.74 Å². The largest absolute Gasteiger partial charge is 0.467 e. The van der Waals surface area contributed by atoms with Crippen LogP contribution in [-0.4, -0.2) is 62.9 Å². The molecule has 1 atom stereocenters. The smallest absolute Gasteiger partial charge is 0.331 e. The Balaban J connectivity index is 2.52. The van der Waals surface area contributed by atoms with Gasteiger partial charge in [-0.3, -0.25) is 4.79 Å². The maximum Gasteiger partial charge on any atom is 0.331 e. The number of carbonyl (C=O) groups is 2. The van der Waals surface area contributed by atoms with Crippen molar-refractivity contribution in [3.05, 3.63) is 0 Å². The molecule has 0 aromatic heterocycles. The fraction of sp³-hybridized carbons (Fsp3) is 0.818. The van der Waals surface area contributed by atoms with Gasteiger partial charge in [0.25, 0.3) is 0 Å². The van der Waals surface area contributed by atoms with Gasteiger partial charge in [-0.25, -0.2) is 4.79 Å². The van der Waals surface area contributed by atoms with Crippen molar-refractivity contribution in [2.45, 2.75) is 19.4 Å². The number of morpholine rings is 1. The van der Waals surface area contributed by atoms with Crippen LogP contribution in [0.25, 0.3) is 0 Å². The molecule has 0 saturated carbocycles. The van der Waals surface area contributed by atoms with E-state index in [0.29, 0.717) is 26.4 Å². The van der Waals surface area contributed by atoms with Gasteiger partial charge in [0.05, 0.1) is 33.4 Å². The third-order valence-corrected chi connectivity index (χ3v) is 2.59. The molecular weight excluding hydrogens is 226 g/mol. The van der Waals surface area contributed by atoms with Crippen LogP contribution in [0.2, 0.25) is 0 Å². The topological polar surface area (TPSA) is 65.1 Å². The fourth-order valence-corrected chi connectivity index (χ4v) is 1.68. The highest BCUT2D eigenvalue weighted by molar-refractivity contribution is 5.84. The average Bonchev–Trinajstić information content (AvgIpc) is 2.38. The standard InChI is InChI=1S/C11H19NO5/c1-3-16-6-4-10(13)12-5-7-17-8-9(12)11(14)15-2/h9H,3-8H2,1-2H3. The van der Waals surface area contributed by atoms with Gasteiger partial charge in [-0.2, -0.15) is 0 Å². The Bertz CT molecular complexity index is 269. The lowest BCUT2D eigenvalue weighted by molar-refractivity contribution is -0.161. The molecule has 17 heavy (non-hydrogen) atoms. The Labute approximate surface area is 101 Å². The van der Waals surface area contributed by atoms with Gasteiger partial charge in [-0.1, -0.05) is 0 Å². The molecule has 0 aromatic rings. The molecule has 0 aliphatic carbocycles. The normalized spacial score (nSPS) is 20.1. The van der Waals surface area contributed by atoms with E-state index in [1.165, 1.54) is 12.0 Å². The second kappa shape index (κ2) is 7.24. The van der Waals surface area contributed by atoms with Crippen molar-refractivity contribution < 1.29 is 23.8 Å². The van der Waals surface area contributed by atoms with Crippen LogP contribution in [0.15, 0.2) is 0 Å². The van der Waals surface area contributed by atoms with Crippen molar-refractivity contribution in [2.24, 2.45) is 0 Å². The number of esters is 1. The third kappa shape index (κ3) is 3.98. The number of rotatable bonds is 5. The number of hydrogen-bond donors (Lipinski definition) is 0. The summed E-state index contributed by atoms with van der Waals surface area (Å²) in [4.78, 5) is 24.9. The summed E-state index contributed by atoms with van der Waals surface area (Å²) >= 11 is 0. The quantitative estimate of drug-likeness (QED) is 0.496. The van der Waals surface area contributed by atoms with Gasteiger partial charge in [0.2, 0.25) is 5.91 Å². The van der Waals surface area contributed by atoms with Gasteiger partial charge in [-0.15, -0.1) is 0 Å². The number of nitrogens with zero attached hydrogens (tertiary/aromatic N) is 1. The van der Waals surface area contributed by atoms with E-state index in [0.717, 1.165) is 0 Å². The number of carbonyl (C=O) groups excluding carboxylic acids is 2. The van der Waals surface area contributed by atoms with Gasteiger partial charge in [0, 0.05) is 13.2 Å². The summed E-state index contributed by atoms with van der Waals surface area (Å²) in [6.45, 7) is 3.90. The van der Waals surface area contributed by atoms with Crippen molar-refractivity contribution in [1.29, 1.82) is 0 Å². The fourth-order valence-electron chi connectivity index (χ4n) is 1.68. The molecule has 6 nitrogen and oxygen atoms in total. The van der Waals surface area contributed by atoms with Gasteiger partial charge in [0.1, 0.15) is 0 Å². The van der Waals surface area contributed by atoms with Crippen LogP contribution < -0.4 is 0 Å². The minimum absolute atomic E-state index is 0.0999. The first kappa shape index (κ1) is 13.9. The second-order valence-corrected chi connectivity index (χ2v) is 3.65. The zero-order valence-corrected chi connectivity index (χ0v) is 10.3. The van der Waals surface area contributed by atoms with Crippen molar-refractivity contribution in [3.63, 3.8) is 0 Å². The first-order chi connectivity index (χ1) is 8.20. The summed E-state index contributed by atoms with van der Waals surface area (Å²) in [5.41, 5.74) is 0. The van der Waals surface area contributed by atoms with E-state index in [-0.39, 0.29) is 18.9 Å². The molecule has 6 heteroatoms. The molecule has 0 N–H and O–H groups in total. The zero-order chi connectivity index (χ0) is 12.7. The van der Waals surface area contributed by atoms with Crippen LogP contribution in [0.3, 0.4) is 0 Å². The average molecular weight is 245 g/mol. The predicted octanol–water partition coefficient (Wildman–Crippen LogP) is -0.187. The van der Waals surface area contributed by atoms with Crippen LogP contribution in [0, 0.1) is 0 Å². The van der Waals surface area contributed by atoms with Gasteiger partial charge < -0.3 is 19.1 Å². The highest BCUT2D eigenvalue weighted by atomic mass is 16.5. The van der Waals surface area contributed by atoms with Gasteiger partial charge in [0.15, 0.2) is 6.04 Å². The lowest BCUT2D eigenvalue weighted by Crippen LogP contribution is -2.53. The van der Waals surface area contributed by atoms with Crippen LogP contribution in [0.4, 0.5) is 0 Å². The first-order valence-electron chi connectivity index (χ1n) is 5.73. The third-order valence-electron chi connectivity index (χ3n) is 2.59. The zero-order valence-electron chi connectivity index (χ0n) is 10.3. The van der Waals surface area contributed by atoms with Crippen LogP contribution >= 0.6 is 0 Å². The van der Waals surface area contributed by atoms with Crippen molar-refractivity contribution in [3.8, 4) is 0 Å². The summed E-state index contributed by atoms with van der Waals surface area (Å²) < 4.78 is 15.0. The highest BCUT2D eigenvalue weighted by Crippen LogP contribution is 2.10. The van der Waals surface area contributed by atoms with E-state index < -0.39 is 12.0 Å². The van der Waals surface area contributed by atoms with E-state index in [4.69, 9.17) is 9.47 Å². The molecule has 1 amide bonds. The molecule has 1 unspecified atom stereocenters. The molecule has 1 rings (SSSR count). The van der Waals surface area contributed by atoms with Gasteiger partial charge >= 0.3 is 5.97 Å². The van der Waals surface area contributed by atoms with Crippen LogP contribution in [0.1, 0.15) is 13.3 Å². The summed E-state index contributed by atoms with van der Waals surface area (Å²) in [6, 6.07) is -0.622. The summed E-state index contributed by atoms with van der Waals surface area (Å²) in [7, 11) is 1.31. The molecule has 0 radical (unpaired) electrons. The highest BCUT2D eigenvalue weighted by Gasteiger charge is 2.33. The van der Waals surface area contributed by atoms with Crippen molar-refractivity contribution in [2.75, 3.05) is 40.1 Å². The predicted molar refractivity (Wildman–Crippen MR) is 59.4 cm³/mol. The monoisotopic (exact) mass is 245 g/mol. The summed E-state index contributed by atoms with van der Waals surface area (Å²) in [5, 5.41) is 0. The first-order valence-corrected chi connectivity index (χ1v) is 5.73. The summed E-state index contributed by atoms with van der Waals surface area (Å²) in [5.74, 6) is -0.536. The number of ether oxygens (including phenoxy) is 3. The molecule has 1 saturated heterocycles. The molecule has 98 valence electrons. The molecule has 0 spiro atoms. The molecule has 1 aliphatic heterocycles. The molecule has 0 bridgehead atoms. The molecule has 0 aromatic carbocycles. The number of hydrogen-bond acceptors (Lipinski definition) is 5. The summed E-state index contributed by atoms with van der Waals surface area (Å²) in [6.07, 6.45) is 0.279. The maximum atomic E-state index is 11.9. The molecule has 1 heterocycles. The Hall–Kier alpha value is -1.14. The minimum atomic E-state index is -0.622. The Kier molecular flexibility index (Phi) is 5.93. The lowest BCUT2D eigenvalue weighted by atomic mass is 10.2. The van der Waals surface area contributed by atoms with E-state index in [1.54, 1.807) is 0 Å². The Morgan fingerprint density at radius 2 is 2.24 bits per heavy atom. The Morgan fingerprint density at radius 3 is 2.88 bits per heavy atom. The van der Waals surface area contributed by atoms with Crippen molar-refractivity contribution in [1.82, 2.24) is 4.90 Å². The molecule has 1 aliphatic rings. The lowest BCUT2D eigenvalue weighted by Gasteiger charge is -2.33. The maximum absolute atomic E-state index is 11.9. The van der Waals surface area contributed by atoms with Crippen LogP contribution in [-0.2, 0) is 23.8 Å². The minimum Gasteiger partial charge on any atom is -0.467 e. The van der Waals surface area contributed by atoms with Crippen molar-refractivity contribution >= 4 is 11.9 Å². The molecular formula is C11H19NO5. The number of methoxy groups -OCH3 is 1. The van der Waals surface area contributed by atoms with E-state index in [9.17, 15) is 9.59 Å². The van der Waals surface area contributed by atoms with E-state index >= 15 is 0 Å². The van der Waals surface area contributed by atoms with Crippen LogP contribution in [0.5, 0.6) is 0 Å². The number of amides is 1. The Morgan fingerprint density at radius 1 is 1.47 bits per heavy atom. The van der Waals surface area contributed by atoms with Gasteiger partial charge in [-0.05, 0) is 6.92 Å². The van der Waals surface area contributed by atoms with E-state index in [1.807, 2.05) is 6.92 Å². The molecule has 1 fully saturated rings. The SMILES string of the molecule is CCOCCC(=O)N1CCOCC1C(=O)OC.